The van der Waals surface area contributed by atoms with Gasteiger partial charge in [-0.25, -0.2) is 9.97 Å². The highest BCUT2D eigenvalue weighted by Gasteiger charge is 2.09. The zero-order valence-electron chi connectivity index (χ0n) is 18.0. The van der Waals surface area contributed by atoms with E-state index in [2.05, 4.69) is 32.5 Å². The summed E-state index contributed by atoms with van der Waals surface area (Å²) < 4.78 is 11.2. The molecule has 2 heterocycles. The maximum absolute atomic E-state index is 5.62. The Labute approximate surface area is 204 Å². The molecule has 8 heteroatoms. The summed E-state index contributed by atoms with van der Waals surface area (Å²) in [5, 5.41) is 6.53. The average molecular weight is 543 g/mol. The molecule has 0 spiro atoms. The van der Waals surface area contributed by atoms with Gasteiger partial charge in [-0.1, -0.05) is 35.9 Å². The molecule has 32 heavy (non-hydrogen) atoms. The number of hydrogen-bond acceptors (Lipinski definition) is 5. The number of guanidine groups is 1. The number of aryl methyl sites for hydroxylation is 1. The fraction of sp³-hybridized carbons (Fsp3) is 0.208. The van der Waals surface area contributed by atoms with Crippen LogP contribution in [-0.2, 0) is 13.0 Å². The van der Waals surface area contributed by atoms with Crippen LogP contribution in [-0.4, -0.2) is 29.5 Å². The van der Waals surface area contributed by atoms with Crippen molar-refractivity contribution in [2.24, 2.45) is 4.99 Å². The van der Waals surface area contributed by atoms with E-state index in [1.165, 1.54) is 5.56 Å². The lowest BCUT2D eigenvalue weighted by Gasteiger charge is -2.09. The lowest BCUT2D eigenvalue weighted by molar-refractivity contribution is 0.571. The van der Waals surface area contributed by atoms with Gasteiger partial charge in [0.1, 0.15) is 12.5 Å². The molecule has 0 unspecified atom stereocenters. The molecule has 2 aromatic carbocycles. The minimum absolute atomic E-state index is 0. The van der Waals surface area contributed by atoms with Gasteiger partial charge in [0.2, 0.25) is 11.8 Å². The molecule has 0 amide bonds. The first-order chi connectivity index (χ1) is 15.2. The molecule has 4 aromatic rings. The summed E-state index contributed by atoms with van der Waals surface area (Å²) in [5.41, 5.74) is 4.84. The van der Waals surface area contributed by atoms with Crippen LogP contribution in [0.5, 0.6) is 0 Å². The number of nitrogens with zero attached hydrogens (tertiary/aromatic N) is 3. The van der Waals surface area contributed by atoms with E-state index >= 15 is 0 Å². The highest BCUT2D eigenvalue weighted by Crippen LogP contribution is 2.19. The van der Waals surface area contributed by atoms with Crippen molar-refractivity contribution in [2.75, 3.05) is 13.6 Å². The van der Waals surface area contributed by atoms with Gasteiger partial charge in [-0.15, -0.1) is 24.0 Å². The summed E-state index contributed by atoms with van der Waals surface area (Å²) in [4.78, 5) is 13.3. The number of nitrogens with one attached hydrogen (secondary N) is 2. The molecule has 0 atom stereocenters. The summed E-state index contributed by atoms with van der Waals surface area (Å²) in [6.07, 6.45) is 4.08. The summed E-state index contributed by atoms with van der Waals surface area (Å²) >= 11 is 0. The van der Waals surface area contributed by atoms with E-state index in [4.69, 9.17) is 8.83 Å². The lowest BCUT2D eigenvalue weighted by Crippen LogP contribution is -2.37. The minimum Gasteiger partial charge on any atom is -0.444 e. The fourth-order valence-corrected chi connectivity index (χ4v) is 3.06. The summed E-state index contributed by atoms with van der Waals surface area (Å²) in [7, 11) is 1.74. The summed E-state index contributed by atoms with van der Waals surface area (Å²) in [6, 6.07) is 18.0. The van der Waals surface area contributed by atoms with Crippen LogP contribution >= 0.6 is 24.0 Å². The van der Waals surface area contributed by atoms with Crippen molar-refractivity contribution >= 4 is 29.9 Å². The first-order valence-electron chi connectivity index (χ1n) is 10.2. The Morgan fingerprint density at radius 1 is 0.844 bits per heavy atom. The van der Waals surface area contributed by atoms with Gasteiger partial charge >= 0.3 is 0 Å². The number of rotatable bonds is 7. The van der Waals surface area contributed by atoms with Crippen LogP contribution < -0.4 is 10.6 Å². The molecule has 0 radical (unpaired) electrons. The minimum atomic E-state index is 0. The maximum atomic E-state index is 5.62. The number of aromatic nitrogens is 2. The van der Waals surface area contributed by atoms with Crippen LogP contribution in [0.15, 0.2) is 81.0 Å². The third-order valence-electron chi connectivity index (χ3n) is 4.76. The standard InChI is InChI=1S/C24H25N5O2.HI/c1-17-8-10-19(11-9-17)23-28-20(15-30-23)12-13-26-24(25-2)27-14-21-16-31-22(29-21)18-6-4-3-5-7-18;/h3-11,15-16H,12-14H2,1-2H3,(H2,25,26,27);1H. The van der Waals surface area contributed by atoms with Crippen molar-refractivity contribution in [1.82, 2.24) is 20.6 Å². The van der Waals surface area contributed by atoms with Gasteiger partial charge in [0.05, 0.1) is 17.9 Å². The third-order valence-corrected chi connectivity index (χ3v) is 4.76. The van der Waals surface area contributed by atoms with Crippen molar-refractivity contribution in [3.8, 4) is 22.9 Å². The summed E-state index contributed by atoms with van der Waals surface area (Å²) in [5.74, 6) is 1.93. The molecule has 2 N–H and O–H groups in total. The van der Waals surface area contributed by atoms with E-state index in [1.807, 2.05) is 54.6 Å². The Hall–Kier alpha value is -3.14. The van der Waals surface area contributed by atoms with Gasteiger partial charge in [0, 0.05) is 31.1 Å². The highest BCUT2D eigenvalue weighted by atomic mass is 127. The molecule has 2 aromatic heterocycles. The molecule has 4 rings (SSSR count). The van der Waals surface area contributed by atoms with Gasteiger partial charge < -0.3 is 19.5 Å². The number of benzene rings is 2. The number of hydrogen-bond donors (Lipinski definition) is 2. The largest absolute Gasteiger partial charge is 0.444 e. The molecule has 0 aliphatic rings. The summed E-state index contributed by atoms with van der Waals surface area (Å²) in [6.45, 7) is 3.24. The molecule has 0 aliphatic carbocycles. The highest BCUT2D eigenvalue weighted by molar-refractivity contribution is 14.0. The van der Waals surface area contributed by atoms with E-state index in [0.717, 1.165) is 28.9 Å². The number of halogens is 1. The van der Waals surface area contributed by atoms with E-state index in [-0.39, 0.29) is 24.0 Å². The monoisotopic (exact) mass is 543 g/mol. The van der Waals surface area contributed by atoms with Gasteiger partial charge in [-0.05, 0) is 31.2 Å². The van der Waals surface area contributed by atoms with E-state index in [9.17, 15) is 0 Å². The molecule has 0 saturated carbocycles. The molecule has 0 aliphatic heterocycles. The maximum Gasteiger partial charge on any atom is 0.226 e. The molecular weight excluding hydrogens is 517 g/mol. The van der Waals surface area contributed by atoms with Gasteiger partial charge in [0.15, 0.2) is 5.96 Å². The lowest BCUT2D eigenvalue weighted by atomic mass is 10.1. The molecule has 0 fully saturated rings. The fourth-order valence-electron chi connectivity index (χ4n) is 3.06. The molecule has 0 bridgehead atoms. The van der Waals surface area contributed by atoms with Gasteiger partial charge in [0.25, 0.3) is 0 Å². The van der Waals surface area contributed by atoms with Crippen LogP contribution in [0.25, 0.3) is 22.9 Å². The van der Waals surface area contributed by atoms with E-state index in [1.54, 1.807) is 19.6 Å². The van der Waals surface area contributed by atoms with Crippen LogP contribution in [0, 0.1) is 6.92 Å². The Kier molecular flexibility index (Phi) is 8.43. The normalized spacial score (nSPS) is 11.1. The van der Waals surface area contributed by atoms with Crippen LogP contribution in [0.4, 0.5) is 0 Å². The third kappa shape index (κ3) is 6.19. The first kappa shape index (κ1) is 23.5. The second-order valence-electron chi connectivity index (χ2n) is 7.12. The van der Waals surface area contributed by atoms with Gasteiger partial charge in [-0.2, -0.15) is 0 Å². The van der Waals surface area contributed by atoms with Crippen molar-refractivity contribution < 1.29 is 8.83 Å². The quantitative estimate of drug-likeness (QED) is 0.197. The molecular formula is C24H26IN5O2. The van der Waals surface area contributed by atoms with Crippen molar-refractivity contribution in [2.45, 2.75) is 19.9 Å². The number of oxazole rings is 2. The Morgan fingerprint density at radius 3 is 2.16 bits per heavy atom. The average Bonchev–Trinajstić information content (AvgIpc) is 3.47. The predicted octanol–water partition coefficient (Wildman–Crippen LogP) is 4.83. The smallest absolute Gasteiger partial charge is 0.226 e. The zero-order valence-corrected chi connectivity index (χ0v) is 20.4. The molecule has 0 saturated heterocycles. The second kappa shape index (κ2) is 11.5. The van der Waals surface area contributed by atoms with Crippen molar-refractivity contribution in [3.05, 3.63) is 84.1 Å². The van der Waals surface area contributed by atoms with Crippen molar-refractivity contribution in [3.63, 3.8) is 0 Å². The number of aliphatic imine (C=N–C) groups is 1. The Morgan fingerprint density at radius 2 is 1.47 bits per heavy atom. The van der Waals surface area contributed by atoms with Crippen LogP contribution in [0.1, 0.15) is 17.0 Å². The second-order valence-corrected chi connectivity index (χ2v) is 7.12. The van der Waals surface area contributed by atoms with Crippen molar-refractivity contribution in [1.29, 1.82) is 0 Å². The Balaban J connectivity index is 0.00000289. The molecule has 7 nitrogen and oxygen atoms in total. The predicted molar refractivity (Wildman–Crippen MR) is 136 cm³/mol. The molecule has 166 valence electrons. The van der Waals surface area contributed by atoms with Crippen LogP contribution in [0.3, 0.4) is 0 Å². The first-order valence-corrected chi connectivity index (χ1v) is 10.2. The van der Waals surface area contributed by atoms with E-state index < -0.39 is 0 Å². The van der Waals surface area contributed by atoms with E-state index in [0.29, 0.717) is 30.8 Å². The zero-order chi connectivity index (χ0) is 21.5. The van der Waals surface area contributed by atoms with Gasteiger partial charge in [-0.3, -0.25) is 4.99 Å². The van der Waals surface area contributed by atoms with Crippen LogP contribution in [0.2, 0.25) is 0 Å². The SMILES string of the molecule is CN=C(NCCc1coc(-c2ccc(C)cc2)n1)NCc1coc(-c2ccccc2)n1.I. The topological polar surface area (TPSA) is 88.5 Å². The Bertz CT molecular complexity index is 1140.